The smallest absolute Gasteiger partial charge is 0.276 e. The molecule has 2 aromatic rings. The van der Waals surface area contributed by atoms with Crippen LogP contribution in [-0.4, -0.2) is 24.1 Å². The van der Waals surface area contributed by atoms with E-state index in [-0.39, 0.29) is 0 Å². The first-order valence-electron chi connectivity index (χ1n) is 7.20. The van der Waals surface area contributed by atoms with Crippen molar-refractivity contribution in [1.29, 1.82) is 0 Å². The molecule has 25 heavy (non-hydrogen) atoms. The van der Waals surface area contributed by atoms with E-state index in [1.165, 1.54) is 6.21 Å². The molecule has 0 saturated carbocycles. The molecule has 3 rings (SSSR count). The van der Waals surface area contributed by atoms with Crippen LogP contribution in [0.3, 0.4) is 0 Å². The third kappa shape index (κ3) is 3.79. The number of aliphatic imine (C=N–C) groups is 1. The Morgan fingerprint density at radius 3 is 2.44 bits per heavy atom. The molecule has 1 aliphatic rings. The fraction of sp³-hybridized carbons (Fsp3) is 0.0588. The zero-order valence-electron chi connectivity index (χ0n) is 12.6. The zero-order valence-corrected chi connectivity index (χ0v) is 16.4. The van der Waals surface area contributed by atoms with Crippen molar-refractivity contribution in [2.45, 2.75) is 0 Å². The highest BCUT2D eigenvalue weighted by atomic mass is 127. The molecule has 4 amide bonds. The van der Waals surface area contributed by atoms with Crippen LogP contribution in [0.1, 0.15) is 0 Å². The highest BCUT2D eigenvalue weighted by Gasteiger charge is 2.40. The number of barbiturate groups is 1. The topological polar surface area (TPSA) is 78.8 Å². The Balaban J connectivity index is 1.90. The van der Waals surface area contributed by atoms with Crippen LogP contribution in [0.5, 0.6) is 0 Å². The largest absolute Gasteiger partial charge is 0.335 e. The van der Waals surface area contributed by atoms with Gasteiger partial charge in [-0.25, -0.2) is 9.69 Å². The lowest BCUT2D eigenvalue weighted by molar-refractivity contribution is -0.131. The number of carbonyl (C=O) groups excluding carboxylic acids is 3. The quantitative estimate of drug-likeness (QED) is 0.388. The second kappa shape index (κ2) is 7.44. The number of para-hydroxylation sites is 1. The number of urea groups is 1. The van der Waals surface area contributed by atoms with Gasteiger partial charge in [0.05, 0.1) is 11.4 Å². The van der Waals surface area contributed by atoms with Crippen LogP contribution in [0.4, 0.5) is 16.2 Å². The number of rotatable bonds is 3. The summed E-state index contributed by atoms with van der Waals surface area (Å²) >= 11 is 5.48. The first-order valence-corrected chi connectivity index (χ1v) is 9.07. The van der Waals surface area contributed by atoms with Gasteiger partial charge in [0.2, 0.25) is 5.91 Å². The average Bonchev–Trinajstić information content (AvgIpc) is 2.57. The van der Waals surface area contributed by atoms with Crippen molar-refractivity contribution in [2.75, 3.05) is 4.90 Å². The van der Waals surface area contributed by atoms with Gasteiger partial charge in [0.1, 0.15) is 0 Å². The van der Waals surface area contributed by atoms with Crippen LogP contribution < -0.4 is 10.2 Å². The van der Waals surface area contributed by atoms with E-state index < -0.39 is 23.8 Å². The van der Waals surface area contributed by atoms with Crippen LogP contribution in [-0.2, 0) is 9.59 Å². The molecule has 0 radical (unpaired) electrons. The van der Waals surface area contributed by atoms with E-state index in [9.17, 15) is 14.4 Å². The van der Waals surface area contributed by atoms with Crippen molar-refractivity contribution in [3.05, 3.63) is 56.6 Å². The lowest BCUT2D eigenvalue weighted by Crippen LogP contribution is -2.58. The second-order valence-electron chi connectivity index (χ2n) is 5.15. The van der Waals surface area contributed by atoms with Crippen molar-refractivity contribution in [2.24, 2.45) is 10.9 Å². The number of nitrogens with one attached hydrogen (secondary N) is 1. The number of hydrogen-bond acceptors (Lipinski definition) is 4. The van der Waals surface area contributed by atoms with Gasteiger partial charge < -0.3 is 0 Å². The first kappa shape index (κ1) is 17.7. The Morgan fingerprint density at radius 2 is 1.76 bits per heavy atom. The lowest BCUT2D eigenvalue weighted by Gasteiger charge is -2.28. The van der Waals surface area contributed by atoms with Crippen LogP contribution in [0.25, 0.3) is 0 Å². The number of anilines is 1. The van der Waals surface area contributed by atoms with Crippen molar-refractivity contribution >= 4 is 74.0 Å². The summed E-state index contributed by atoms with van der Waals surface area (Å²) in [7, 11) is 0. The van der Waals surface area contributed by atoms with Gasteiger partial charge in [0, 0.05) is 14.3 Å². The van der Waals surface area contributed by atoms with Crippen LogP contribution >= 0.6 is 38.5 Å². The van der Waals surface area contributed by atoms with E-state index in [1.54, 1.807) is 42.5 Å². The van der Waals surface area contributed by atoms with Crippen LogP contribution in [0.15, 0.2) is 58.0 Å². The van der Waals surface area contributed by atoms with E-state index in [0.717, 1.165) is 12.9 Å². The molecule has 8 heteroatoms. The van der Waals surface area contributed by atoms with Gasteiger partial charge >= 0.3 is 6.03 Å². The Morgan fingerprint density at radius 1 is 1.08 bits per heavy atom. The SMILES string of the molecule is O=C1NC(=O)N(c2ccc(I)cc2)C(=O)[C@@H]1C=Nc1ccccc1Br. The number of nitrogens with zero attached hydrogens (tertiary/aromatic N) is 2. The normalized spacial score (nSPS) is 17.9. The van der Waals surface area contributed by atoms with Crippen LogP contribution in [0.2, 0.25) is 0 Å². The Bertz CT molecular complexity index is 883. The fourth-order valence-electron chi connectivity index (χ4n) is 2.27. The number of benzene rings is 2. The molecule has 1 saturated heterocycles. The molecule has 2 aromatic carbocycles. The Hall–Kier alpha value is -2.07. The summed E-state index contributed by atoms with van der Waals surface area (Å²) in [6.45, 7) is 0. The van der Waals surface area contributed by atoms with Gasteiger partial charge in [-0.1, -0.05) is 12.1 Å². The molecule has 1 fully saturated rings. The molecule has 126 valence electrons. The molecular formula is C17H11BrIN3O3. The minimum absolute atomic E-state index is 0.398. The third-order valence-electron chi connectivity index (χ3n) is 3.50. The second-order valence-corrected chi connectivity index (χ2v) is 7.25. The minimum atomic E-state index is -1.18. The number of carbonyl (C=O) groups is 3. The van der Waals surface area contributed by atoms with Crippen molar-refractivity contribution in [1.82, 2.24) is 5.32 Å². The average molecular weight is 512 g/mol. The predicted molar refractivity (Wildman–Crippen MR) is 106 cm³/mol. The number of imide groups is 2. The maximum Gasteiger partial charge on any atom is 0.335 e. The fourth-order valence-corrected chi connectivity index (χ4v) is 3.01. The standard InChI is InChI=1S/C17H11BrIN3O3/c18-13-3-1-2-4-14(13)20-9-12-15(23)21-17(25)22(16(12)24)11-7-5-10(19)6-8-11/h1-9,12H,(H,21,23,25)/t12-/m1/s1. The molecular weight excluding hydrogens is 501 g/mol. The van der Waals surface area contributed by atoms with E-state index in [2.05, 4.69) is 48.8 Å². The summed E-state index contributed by atoms with van der Waals surface area (Å²) in [5, 5.41) is 2.20. The summed E-state index contributed by atoms with van der Waals surface area (Å²) in [6, 6.07) is 13.3. The molecule has 0 aliphatic carbocycles. The Kier molecular flexibility index (Phi) is 5.28. The summed E-state index contributed by atoms with van der Waals surface area (Å²) in [5.41, 5.74) is 0.982. The number of halogens is 2. The van der Waals surface area contributed by atoms with Gasteiger partial charge in [-0.2, -0.15) is 0 Å². The van der Waals surface area contributed by atoms with Crippen molar-refractivity contribution in [3.63, 3.8) is 0 Å². The molecule has 0 aromatic heterocycles. The van der Waals surface area contributed by atoms with Crippen LogP contribution in [0, 0.1) is 9.49 Å². The summed E-state index contributed by atoms with van der Waals surface area (Å²) in [4.78, 5) is 42.0. The lowest BCUT2D eigenvalue weighted by atomic mass is 10.1. The highest BCUT2D eigenvalue weighted by molar-refractivity contribution is 14.1. The molecule has 1 heterocycles. The van der Waals surface area contributed by atoms with Crippen molar-refractivity contribution in [3.8, 4) is 0 Å². The summed E-state index contributed by atoms with van der Waals surface area (Å²) in [5.74, 6) is -2.50. The van der Waals surface area contributed by atoms with Gasteiger partial charge in [0.25, 0.3) is 5.91 Å². The van der Waals surface area contributed by atoms with E-state index >= 15 is 0 Å². The third-order valence-corrected chi connectivity index (χ3v) is 4.89. The summed E-state index contributed by atoms with van der Waals surface area (Å²) in [6.07, 6.45) is 1.25. The molecule has 6 nitrogen and oxygen atoms in total. The van der Waals surface area contributed by atoms with E-state index in [0.29, 0.717) is 11.4 Å². The van der Waals surface area contributed by atoms with E-state index in [4.69, 9.17) is 0 Å². The molecule has 0 spiro atoms. The van der Waals surface area contributed by atoms with E-state index in [1.807, 2.05) is 6.07 Å². The zero-order chi connectivity index (χ0) is 18.0. The predicted octanol–water partition coefficient (Wildman–Crippen LogP) is 3.66. The highest BCUT2D eigenvalue weighted by Crippen LogP contribution is 2.25. The number of amides is 4. The molecule has 1 N–H and O–H groups in total. The van der Waals surface area contributed by atoms with Gasteiger partial charge in [0.15, 0.2) is 5.92 Å². The molecule has 0 bridgehead atoms. The van der Waals surface area contributed by atoms with Gasteiger partial charge in [-0.3, -0.25) is 19.9 Å². The van der Waals surface area contributed by atoms with Gasteiger partial charge in [-0.05, 0) is 74.9 Å². The molecule has 1 aliphatic heterocycles. The maximum absolute atomic E-state index is 12.7. The maximum atomic E-state index is 12.7. The molecule has 1 atom stereocenters. The first-order chi connectivity index (χ1) is 12.0. The van der Waals surface area contributed by atoms with Gasteiger partial charge in [-0.15, -0.1) is 0 Å². The number of hydrogen-bond donors (Lipinski definition) is 1. The Labute approximate surface area is 165 Å². The van der Waals surface area contributed by atoms with Crippen molar-refractivity contribution < 1.29 is 14.4 Å². The minimum Gasteiger partial charge on any atom is -0.276 e. The monoisotopic (exact) mass is 511 g/mol. The summed E-state index contributed by atoms with van der Waals surface area (Å²) < 4.78 is 1.70. The molecule has 0 unspecified atom stereocenters.